The van der Waals surface area contributed by atoms with E-state index in [-0.39, 0.29) is 36.6 Å². The average Bonchev–Trinajstić information content (AvgIpc) is 2.62. The van der Waals surface area contributed by atoms with Crippen molar-refractivity contribution in [3.8, 4) is 11.1 Å². The fourth-order valence-electron chi connectivity index (χ4n) is 3.88. The molecule has 0 bridgehead atoms. The number of nitrogens with zero attached hydrogens (tertiary/aromatic N) is 1. The zero-order chi connectivity index (χ0) is 18.7. The fraction of sp³-hybridized carbons (Fsp3) is 0.409. The molecule has 0 unspecified atom stereocenters. The summed E-state index contributed by atoms with van der Waals surface area (Å²) in [7, 11) is 0. The van der Waals surface area contributed by atoms with Crippen LogP contribution in [-0.4, -0.2) is 47.2 Å². The third-order valence-electron chi connectivity index (χ3n) is 5.32. The molecule has 3 atom stereocenters. The van der Waals surface area contributed by atoms with Gasteiger partial charge in [-0.3, -0.25) is 4.79 Å². The van der Waals surface area contributed by atoms with Crippen LogP contribution in [0.4, 0.5) is 0 Å². The number of carbonyl (C=O) groups excluding carboxylic acids is 1. The lowest BCUT2D eigenvalue weighted by Crippen LogP contribution is -2.65. The molecule has 2 aromatic rings. The molecule has 138 valence electrons. The molecule has 4 nitrogen and oxygen atoms in total. The number of aliphatic hydroxyl groups is 1. The number of nitrogens with one attached hydrogen (secondary N) is 1. The van der Waals surface area contributed by atoms with Gasteiger partial charge in [0, 0.05) is 37.5 Å². The van der Waals surface area contributed by atoms with Crippen molar-refractivity contribution >= 4 is 5.91 Å². The van der Waals surface area contributed by atoms with Crippen molar-refractivity contribution in [2.24, 2.45) is 0 Å². The maximum absolute atomic E-state index is 11.9. The van der Waals surface area contributed by atoms with E-state index < -0.39 is 0 Å². The fourth-order valence-corrected chi connectivity index (χ4v) is 3.88. The largest absolute Gasteiger partial charge is 0.395 e. The highest BCUT2D eigenvalue weighted by atomic mass is 16.3. The first kappa shape index (κ1) is 18.6. The number of benzene rings is 2. The molecule has 26 heavy (non-hydrogen) atoms. The van der Waals surface area contributed by atoms with E-state index in [0.717, 1.165) is 0 Å². The minimum Gasteiger partial charge on any atom is -0.395 e. The van der Waals surface area contributed by atoms with Gasteiger partial charge in [-0.15, -0.1) is 0 Å². The van der Waals surface area contributed by atoms with Gasteiger partial charge in [-0.2, -0.15) is 0 Å². The summed E-state index contributed by atoms with van der Waals surface area (Å²) in [6.07, 6.45) is 0. The highest BCUT2D eigenvalue weighted by molar-refractivity contribution is 5.73. The van der Waals surface area contributed by atoms with Crippen molar-refractivity contribution in [2.45, 2.75) is 44.8 Å². The Labute approximate surface area is 155 Å². The van der Waals surface area contributed by atoms with Crippen LogP contribution >= 0.6 is 0 Å². The van der Waals surface area contributed by atoms with E-state index in [2.05, 4.69) is 41.7 Å². The molecule has 0 saturated carbocycles. The molecule has 1 aliphatic rings. The summed E-state index contributed by atoms with van der Waals surface area (Å²) in [5.41, 5.74) is 3.59. The summed E-state index contributed by atoms with van der Waals surface area (Å²) in [4.78, 5) is 13.8. The van der Waals surface area contributed by atoms with Crippen LogP contribution in [0.2, 0.25) is 0 Å². The molecular formula is C22H28N2O2. The Bertz CT molecular complexity index is 728. The van der Waals surface area contributed by atoms with E-state index in [1.807, 2.05) is 36.9 Å². The van der Waals surface area contributed by atoms with Gasteiger partial charge in [0.05, 0.1) is 6.61 Å². The van der Waals surface area contributed by atoms with Gasteiger partial charge in [0.1, 0.15) is 0 Å². The molecule has 0 aliphatic carbocycles. The van der Waals surface area contributed by atoms with Crippen LogP contribution < -0.4 is 5.32 Å². The van der Waals surface area contributed by atoms with Gasteiger partial charge in [0.25, 0.3) is 0 Å². The summed E-state index contributed by atoms with van der Waals surface area (Å²) in [5.74, 6) is 0.304. The van der Waals surface area contributed by atoms with Crippen LogP contribution in [0, 0.1) is 0 Å². The first-order valence-electron chi connectivity index (χ1n) is 9.30. The number of hydrogen-bond acceptors (Lipinski definition) is 3. The van der Waals surface area contributed by atoms with Crippen LogP contribution in [-0.2, 0) is 4.79 Å². The molecule has 1 fully saturated rings. The molecule has 1 saturated heterocycles. The second-order valence-corrected chi connectivity index (χ2v) is 7.34. The van der Waals surface area contributed by atoms with Gasteiger partial charge in [-0.05, 0) is 30.5 Å². The van der Waals surface area contributed by atoms with Crippen molar-refractivity contribution in [2.75, 3.05) is 13.2 Å². The summed E-state index contributed by atoms with van der Waals surface area (Å²) >= 11 is 0. The van der Waals surface area contributed by atoms with E-state index in [1.165, 1.54) is 16.7 Å². The maximum Gasteiger partial charge on any atom is 0.219 e. The Kier molecular flexibility index (Phi) is 5.74. The second-order valence-electron chi connectivity index (χ2n) is 7.34. The molecule has 3 rings (SSSR count). The van der Waals surface area contributed by atoms with Gasteiger partial charge in [-0.1, -0.05) is 54.6 Å². The van der Waals surface area contributed by atoms with Crippen molar-refractivity contribution in [1.29, 1.82) is 0 Å². The number of amides is 1. The topological polar surface area (TPSA) is 52.6 Å². The van der Waals surface area contributed by atoms with Crippen molar-refractivity contribution in [3.63, 3.8) is 0 Å². The highest BCUT2D eigenvalue weighted by Crippen LogP contribution is 2.34. The van der Waals surface area contributed by atoms with E-state index in [4.69, 9.17) is 0 Å². The number of aliphatic hydroxyl groups excluding tert-OH is 1. The lowest BCUT2D eigenvalue weighted by atomic mass is 9.77. The first-order valence-corrected chi connectivity index (χ1v) is 9.30. The molecule has 0 radical (unpaired) electrons. The van der Waals surface area contributed by atoms with Crippen molar-refractivity contribution in [1.82, 2.24) is 10.2 Å². The number of carbonyl (C=O) groups is 1. The Morgan fingerprint density at radius 2 is 1.65 bits per heavy atom. The van der Waals surface area contributed by atoms with Crippen LogP contribution in [0.25, 0.3) is 11.1 Å². The van der Waals surface area contributed by atoms with Crippen LogP contribution in [0.15, 0.2) is 54.6 Å². The molecule has 0 spiro atoms. The molecule has 2 N–H and O–H groups in total. The van der Waals surface area contributed by atoms with Gasteiger partial charge < -0.3 is 15.3 Å². The normalized spacial score (nSPS) is 22.1. The number of rotatable bonds is 6. The Morgan fingerprint density at radius 1 is 1.04 bits per heavy atom. The maximum atomic E-state index is 11.9. The Hall–Kier alpha value is -2.17. The van der Waals surface area contributed by atoms with E-state index >= 15 is 0 Å². The zero-order valence-corrected chi connectivity index (χ0v) is 15.7. The molecular weight excluding hydrogens is 324 g/mol. The van der Waals surface area contributed by atoms with E-state index in [0.29, 0.717) is 6.54 Å². The lowest BCUT2D eigenvalue weighted by Gasteiger charge is -2.48. The first-order chi connectivity index (χ1) is 12.5. The predicted octanol–water partition coefficient (Wildman–Crippen LogP) is 3.03. The van der Waals surface area contributed by atoms with E-state index in [9.17, 15) is 9.90 Å². The van der Waals surface area contributed by atoms with Gasteiger partial charge in [-0.25, -0.2) is 0 Å². The third kappa shape index (κ3) is 3.81. The summed E-state index contributed by atoms with van der Waals surface area (Å²) in [5, 5.41) is 13.1. The van der Waals surface area contributed by atoms with Crippen LogP contribution in [0.5, 0.6) is 0 Å². The highest BCUT2D eigenvalue weighted by Gasteiger charge is 2.42. The molecule has 1 amide bonds. The van der Waals surface area contributed by atoms with Crippen LogP contribution in [0.1, 0.15) is 32.3 Å². The monoisotopic (exact) mass is 352 g/mol. The van der Waals surface area contributed by atoms with Gasteiger partial charge >= 0.3 is 0 Å². The van der Waals surface area contributed by atoms with Crippen molar-refractivity contribution < 1.29 is 9.90 Å². The van der Waals surface area contributed by atoms with Gasteiger partial charge in [0.2, 0.25) is 5.91 Å². The number of hydrogen-bond donors (Lipinski definition) is 2. The lowest BCUT2D eigenvalue weighted by molar-refractivity contribution is -0.131. The van der Waals surface area contributed by atoms with Crippen molar-refractivity contribution in [3.05, 3.63) is 60.2 Å². The minimum atomic E-state index is 0.0449. The van der Waals surface area contributed by atoms with Crippen LogP contribution in [0.3, 0.4) is 0 Å². The summed E-state index contributed by atoms with van der Waals surface area (Å²) in [6.45, 7) is 6.45. The SMILES string of the molecule is CC(=O)N(C[C@H]1N[C@H](CO)[C@H]1c1ccc(-c2ccccc2)cc1)C(C)C. The predicted molar refractivity (Wildman–Crippen MR) is 105 cm³/mol. The molecule has 2 aromatic carbocycles. The minimum absolute atomic E-state index is 0.0449. The second kappa shape index (κ2) is 8.02. The standard InChI is InChI=1S/C22H28N2O2/c1-15(2)24(16(3)26)13-20-22(21(14-25)23-20)19-11-9-18(10-12-19)17-7-5-4-6-8-17/h4-12,15,20-23,25H,13-14H2,1-3H3/t20-,21-,22+/m1/s1. The molecule has 1 heterocycles. The molecule has 1 aliphatic heterocycles. The average molecular weight is 352 g/mol. The quantitative estimate of drug-likeness (QED) is 0.840. The Balaban J connectivity index is 1.77. The smallest absolute Gasteiger partial charge is 0.219 e. The Morgan fingerprint density at radius 3 is 2.19 bits per heavy atom. The molecule has 4 heteroatoms. The summed E-state index contributed by atoms with van der Waals surface area (Å²) < 4.78 is 0. The molecule has 0 aromatic heterocycles. The summed E-state index contributed by atoms with van der Waals surface area (Å²) in [6, 6.07) is 19.3. The zero-order valence-electron chi connectivity index (χ0n) is 15.7. The van der Waals surface area contributed by atoms with E-state index in [1.54, 1.807) is 6.92 Å². The van der Waals surface area contributed by atoms with Gasteiger partial charge in [0.15, 0.2) is 0 Å². The third-order valence-corrected chi connectivity index (χ3v) is 5.32.